The SMILES string of the molecule is CN(C)c1cc2c(nn1)CCN(C(=O)[C@@H]1C[C@H]1c1cccnc1)C2. The maximum atomic E-state index is 12.8. The van der Waals surface area contributed by atoms with Crippen molar-refractivity contribution in [3.63, 3.8) is 0 Å². The smallest absolute Gasteiger partial charge is 0.226 e. The quantitative estimate of drug-likeness (QED) is 0.859. The summed E-state index contributed by atoms with van der Waals surface area (Å²) in [4.78, 5) is 20.9. The van der Waals surface area contributed by atoms with Crippen LogP contribution in [0.15, 0.2) is 30.6 Å². The molecule has 0 N–H and O–H groups in total. The Balaban J connectivity index is 1.47. The average molecular weight is 323 g/mol. The molecule has 2 aromatic rings. The zero-order chi connectivity index (χ0) is 16.7. The van der Waals surface area contributed by atoms with Gasteiger partial charge in [-0.3, -0.25) is 9.78 Å². The summed E-state index contributed by atoms with van der Waals surface area (Å²) in [6.45, 7) is 1.37. The Morgan fingerprint density at radius 3 is 2.96 bits per heavy atom. The summed E-state index contributed by atoms with van der Waals surface area (Å²) in [7, 11) is 3.90. The lowest BCUT2D eigenvalue weighted by Gasteiger charge is -2.29. The van der Waals surface area contributed by atoms with Gasteiger partial charge in [0, 0.05) is 51.9 Å². The van der Waals surface area contributed by atoms with E-state index in [-0.39, 0.29) is 11.8 Å². The van der Waals surface area contributed by atoms with Gasteiger partial charge in [-0.25, -0.2) is 0 Å². The summed E-state index contributed by atoms with van der Waals surface area (Å²) in [5, 5.41) is 8.55. The molecule has 1 amide bonds. The summed E-state index contributed by atoms with van der Waals surface area (Å²) in [5.41, 5.74) is 3.31. The molecule has 0 radical (unpaired) electrons. The van der Waals surface area contributed by atoms with Crippen molar-refractivity contribution in [1.29, 1.82) is 0 Å². The van der Waals surface area contributed by atoms with Crippen molar-refractivity contribution in [2.45, 2.75) is 25.3 Å². The van der Waals surface area contributed by atoms with Crippen molar-refractivity contribution in [2.24, 2.45) is 5.92 Å². The molecule has 1 aliphatic carbocycles. The van der Waals surface area contributed by atoms with Gasteiger partial charge in [-0.05, 0) is 35.6 Å². The summed E-state index contributed by atoms with van der Waals surface area (Å²) in [6.07, 6.45) is 5.37. The molecule has 1 aliphatic heterocycles. The molecule has 3 heterocycles. The van der Waals surface area contributed by atoms with Gasteiger partial charge in [0.25, 0.3) is 0 Å². The van der Waals surface area contributed by atoms with Gasteiger partial charge in [0.2, 0.25) is 5.91 Å². The molecule has 124 valence electrons. The van der Waals surface area contributed by atoms with E-state index in [2.05, 4.69) is 21.2 Å². The standard InChI is InChI=1S/C18H21N5O/c1-22(2)17-8-13-11-23(7-5-16(13)20-21-17)18(24)15-9-14(15)12-4-3-6-19-10-12/h3-4,6,8,10,14-15H,5,7,9,11H2,1-2H3/t14-,15+/m0/s1. The van der Waals surface area contributed by atoms with Crippen LogP contribution in [0.5, 0.6) is 0 Å². The first-order valence-electron chi connectivity index (χ1n) is 8.35. The molecule has 0 spiro atoms. The van der Waals surface area contributed by atoms with Gasteiger partial charge in [-0.2, -0.15) is 5.10 Å². The van der Waals surface area contributed by atoms with Crippen LogP contribution in [0.1, 0.15) is 29.2 Å². The van der Waals surface area contributed by atoms with Gasteiger partial charge in [-0.15, -0.1) is 5.10 Å². The minimum Gasteiger partial charge on any atom is -0.361 e. The Bertz CT molecular complexity index is 761. The Kier molecular flexibility index (Phi) is 3.67. The molecule has 6 nitrogen and oxygen atoms in total. The Labute approximate surface area is 141 Å². The minimum absolute atomic E-state index is 0.110. The number of anilines is 1. The maximum absolute atomic E-state index is 12.8. The Morgan fingerprint density at radius 1 is 1.33 bits per heavy atom. The molecule has 2 aliphatic rings. The van der Waals surface area contributed by atoms with Crippen molar-refractivity contribution in [3.05, 3.63) is 47.4 Å². The van der Waals surface area contributed by atoms with Crippen LogP contribution in [0, 0.1) is 5.92 Å². The van der Waals surface area contributed by atoms with E-state index in [0.717, 1.165) is 36.5 Å². The number of carbonyl (C=O) groups excluding carboxylic acids is 1. The first-order valence-corrected chi connectivity index (χ1v) is 8.35. The average Bonchev–Trinajstić information content (AvgIpc) is 3.41. The molecule has 0 bridgehead atoms. The molecule has 0 aromatic carbocycles. The largest absolute Gasteiger partial charge is 0.361 e. The Hall–Kier alpha value is -2.50. The van der Waals surface area contributed by atoms with E-state index in [1.165, 1.54) is 5.56 Å². The van der Waals surface area contributed by atoms with Crippen LogP contribution in [0.4, 0.5) is 5.82 Å². The molecule has 4 rings (SSSR count). The van der Waals surface area contributed by atoms with Crippen LogP contribution >= 0.6 is 0 Å². The van der Waals surface area contributed by atoms with E-state index in [9.17, 15) is 4.79 Å². The van der Waals surface area contributed by atoms with Crippen molar-refractivity contribution >= 4 is 11.7 Å². The fraction of sp³-hybridized carbons (Fsp3) is 0.444. The third-order valence-electron chi connectivity index (χ3n) is 4.92. The zero-order valence-corrected chi connectivity index (χ0v) is 14.0. The van der Waals surface area contributed by atoms with Crippen LogP contribution in [0.2, 0.25) is 0 Å². The van der Waals surface area contributed by atoms with Crippen molar-refractivity contribution < 1.29 is 4.79 Å². The van der Waals surface area contributed by atoms with Crippen LogP contribution in [0.3, 0.4) is 0 Å². The van der Waals surface area contributed by atoms with Crippen molar-refractivity contribution in [3.8, 4) is 0 Å². The predicted octanol–water partition coefficient (Wildman–Crippen LogP) is 1.63. The van der Waals surface area contributed by atoms with E-state index in [0.29, 0.717) is 12.5 Å². The highest BCUT2D eigenvalue weighted by Crippen LogP contribution is 2.48. The van der Waals surface area contributed by atoms with Crippen LogP contribution in [-0.4, -0.2) is 46.6 Å². The summed E-state index contributed by atoms with van der Waals surface area (Å²) >= 11 is 0. The van der Waals surface area contributed by atoms with E-state index < -0.39 is 0 Å². The zero-order valence-electron chi connectivity index (χ0n) is 14.0. The normalized spacial score (nSPS) is 22.0. The Morgan fingerprint density at radius 2 is 2.21 bits per heavy atom. The molecular formula is C18H21N5O. The van der Waals surface area contributed by atoms with Gasteiger partial charge in [-0.1, -0.05) is 6.07 Å². The van der Waals surface area contributed by atoms with E-state index in [4.69, 9.17) is 0 Å². The number of amides is 1. The number of hydrogen-bond acceptors (Lipinski definition) is 5. The number of pyridine rings is 1. The molecule has 24 heavy (non-hydrogen) atoms. The summed E-state index contributed by atoms with van der Waals surface area (Å²) in [5.74, 6) is 1.54. The highest BCUT2D eigenvalue weighted by atomic mass is 16.2. The monoisotopic (exact) mass is 323 g/mol. The molecule has 2 atom stereocenters. The van der Waals surface area contributed by atoms with E-state index in [1.807, 2.05) is 42.2 Å². The fourth-order valence-electron chi connectivity index (χ4n) is 3.39. The third kappa shape index (κ3) is 2.72. The van der Waals surface area contributed by atoms with E-state index >= 15 is 0 Å². The third-order valence-corrected chi connectivity index (χ3v) is 4.92. The number of carbonyl (C=O) groups is 1. The lowest BCUT2D eigenvalue weighted by atomic mass is 10.0. The topological polar surface area (TPSA) is 62.2 Å². The van der Waals surface area contributed by atoms with Crippen LogP contribution in [0.25, 0.3) is 0 Å². The molecule has 6 heteroatoms. The van der Waals surface area contributed by atoms with Gasteiger partial charge >= 0.3 is 0 Å². The number of rotatable bonds is 3. The number of nitrogens with zero attached hydrogens (tertiary/aromatic N) is 5. The minimum atomic E-state index is 0.110. The maximum Gasteiger partial charge on any atom is 0.226 e. The van der Waals surface area contributed by atoms with Gasteiger partial charge in [0.05, 0.1) is 5.69 Å². The summed E-state index contributed by atoms with van der Waals surface area (Å²) in [6, 6.07) is 6.05. The first-order chi connectivity index (χ1) is 11.6. The van der Waals surface area contributed by atoms with E-state index in [1.54, 1.807) is 6.20 Å². The second-order valence-electron chi connectivity index (χ2n) is 6.81. The number of aromatic nitrogens is 3. The van der Waals surface area contributed by atoms with Crippen LogP contribution < -0.4 is 4.90 Å². The van der Waals surface area contributed by atoms with Gasteiger partial charge < -0.3 is 9.80 Å². The molecule has 1 saturated carbocycles. The number of fused-ring (bicyclic) bond motifs is 1. The van der Waals surface area contributed by atoms with Crippen molar-refractivity contribution in [2.75, 3.05) is 25.5 Å². The lowest BCUT2D eigenvalue weighted by Crippen LogP contribution is -2.37. The van der Waals surface area contributed by atoms with Gasteiger partial charge in [0.15, 0.2) is 5.82 Å². The first kappa shape index (κ1) is 15.1. The molecule has 0 unspecified atom stereocenters. The highest BCUT2D eigenvalue weighted by molar-refractivity contribution is 5.83. The summed E-state index contributed by atoms with van der Waals surface area (Å²) < 4.78 is 0. The van der Waals surface area contributed by atoms with Crippen LogP contribution in [-0.2, 0) is 17.8 Å². The second kappa shape index (κ2) is 5.85. The highest BCUT2D eigenvalue weighted by Gasteiger charge is 2.46. The molecule has 0 saturated heterocycles. The molecule has 1 fully saturated rings. The lowest BCUT2D eigenvalue weighted by molar-refractivity contribution is -0.133. The van der Waals surface area contributed by atoms with Gasteiger partial charge in [0.1, 0.15) is 0 Å². The molecular weight excluding hydrogens is 302 g/mol. The predicted molar refractivity (Wildman–Crippen MR) is 90.6 cm³/mol. The fourth-order valence-corrected chi connectivity index (χ4v) is 3.39. The molecule has 2 aromatic heterocycles. The number of hydrogen-bond donors (Lipinski definition) is 0. The second-order valence-corrected chi connectivity index (χ2v) is 6.81. The van der Waals surface area contributed by atoms with Crippen molar-refractivity contribution in [1.82, 2.24) is 20.1 Å².